The van der Waals surface area contributed by atoms with Crippen LogP contribution >= 0.6 is 11.6 Å². The molecular formula is C23H20ClNO3. The zero-order valence-electron chi connectivity index (χ0n) is 15.4. The summed E-state index contributed by atoms with van der Waals surface area (Å²) in [6.45, 7) is 2.00. The molecule has 0 fully saturated rings. The number of ether oxygens (including phenoxy) is 1. The molecule has 0 unspecified atom stereocenters. The largest absolute Gasteiger partial charge is 0.485 e. The first kappa shape index (κ1) is 19.6. The number of aryl methyl sites for hydroxylation is 1. The van der Waals surface area contributed by atoms with Gasteiger partial charge in [0.05, 0.1) is 0 Å². The number of hydrogen-bond donors (Lipinski definition) is 1. The zero-order valence-corrected chi connectivity index (χ0v) is 16.2. The maximum atomic E-state index is 12.3. The van der Waals surface area contributed by atoms with Gasteiger partial charge in [-0.2, -0.15) is 0 Å². The van der Waals surface area contributed by atoms with Crippen molar-refractivity contribution in [2.45, 2.75) is 13.3 Å². The van der Waals surface area contributed by atoms with E-state index in [1.165, 1.54) is 5.56 Å². The molecule has 0 radical (unpaired) electrons. The number of halogens is 1. The smallest absolute Gasteiger partial charge is 0.255 e. The van der Waals surface area contributed by atoms with E-state index in [9.17, 15) is 9.59 Å². The quantitative estimate of drug-likeness (QED) is 0.545. The topological polar surface area (TPSA) is 55.4 Å². The van der Waals surface area contributed by atoms with Crippen molar-refractivity contribution in [3.63, 3.8) is 0 Å². The summed E-state index contributed by atoms with van der Waals surface area (Å²) in [4.78, 5) is 24.6. The lowest BCUT2D eigenvalue weighted by Crippen LogP contribution is -2.13. The van der Waals surface area contributed by atoms with Crippen molar-refractivity contribution in [2.75, 3.05) is 11.9 Å². The predicted molar refractivity (Wildman–Crippen MR) is 111 cm³/mol. The van der Waals surface area contributed by atoms with Crippen LogP contribution < -0.4 is 10.1 Å². The Bertz CT molecular complexity index is 966. The Kier molecular flexibility index (Phi) is 6.45. The van der Waals surface area contributed by atoms with Crippen LogP contribution in [0.15, 0.2) is 72.8 Å². The minimum absolute atomic E-state index is 0.0694. The average Bonchev–Trinajstić information content (AvgIpc) is 2.73. The third kappa shape index (κ3) is 5.21. The lowest BCUT2D eigenvalue weighted by atomic mass is 10.1. The molecule has 0 bridgehead atoms. The van der Waals surface area contributed by atoms with Crippen molar-refractivity contribution in [3.8, 4) is 5.75 Å². The summed E-state index contributed by atoms with van der Waals surface area (Å²) in [6.07, 6.45) is 0.930. The van der Waals surface area contributed by atoms with Crippen molar-refractivity contribution >= 4 is 29.0 Å². The van der Waals surface area contributed by atoms with Crippen LogP contribution in [-0.4, -0.2) is 18.3 Å². The molecule has 3 aromatic rings. The van der Waals surface area contributed by atoms with Crippen molar-refractivity contribution in [2.24, 2.45) is 0 Å². The fourth-order valence-corrected chi connectivity index (χ4v) is 2.75. The summed E-state index contributed by atoms with van der Waals surface area (Å²) in [7, 11) is 0. The van der Waals surface area contributed by atoms with Gasteiger partial charge in [-0.25, -0.2) is 0 Å². The Balaban J connectivity index is 1.60. The van der Waals surface area contributed by atoms with Crippen molar-refractivity contribution < 1.29 is 14.3 Å². The zero-order chi connectivity index (χ0) is 19.9. The van der Waals surface area contributed by atoms with E-state index in [2.05, 4.69) is 12.2 Å². The van der Waals surface area contributed by atoms with Gasteiger partial charge < -0.3 is 10.1 Å². The third-order valence-corrected chi connectivity index (χ3v) is 4.50. The van der Waals surface area contributed by atoms with E-state index >= 15 is 0 Å². The van der Waals surface area contributed by atoms with Crippen LogP contribution in [0.4, 0.5) is 5.69 Å². The highest BCUT2D eigenvalue weighted by atomic mass is 35.5. The molecule has 0 aliphatic carbocycles. The van der Waals surface area contributed by atoms with Gasteiger partial charge in [0.25, 0.3) is 5.91 Å². The number of hydrogen-bond acceptors (Lipinski definition) is 3. The van der Waals surface area contributed by atoms with Gasteiger partial charge in [-0.15, -0.1) is 0 Å². The summed E-state index contributed by atoms with van der Waals surface area (Å²) in [6, 6.07) is 21.1. The maximum absolute atomic E-state index is 12.3. The molecule has 0 heterocycles. The van der Waals surface area contributed by atoms with Crippen LogP contribution in [-0.2, 0) is 6.42 Å². The second-order valence-corrected chi connectivity index (χ2v) is 6.69. The highest BCUT2D eigenvalue weighted by Crippen LogP contribution is 2.19. The van der Waals surface area contributed by atoms with Gasteiger partial charge in [0.2, 0.25) is 0 Å². The average molecular weight is 394 g/mol. The summed E-state index contributed by atoms with van der Waals surface area (Å²) in [5.41, 5.74) is 2.88. The molecule has 0 aliphatic heterocycles. The molecule has 142 valence electrons. The number of rotatable bonds is 7. The minimum Gasteiger partial charge on any atom is -0.485 e. The Morgan fingerprint density at radius 3 is 2.29 bits per heavy atom. The van der Waals surface area contributed by atoms with Crippen LogP contribution in [0, 0.1) is 0 Å². The highest BCUT2D eigenvalue weighted by Gasteiger charge is 2.09. The number of ketones is 1. The standard InChI is InChI=1S/C23H20ClNO3/c1-2-16-6-8-17(9-7-16)22(26)15-28-21-5-3-4-20(14-21)25-23(27)18-10-12-19(24)13-11-18/h3-14H,2,15H2,1H3,(H,25,27). The summed E-state index contributed by atoms with van der Waals surface area (Å²) in [5, 5.41) is 3.37. The van der Waals surface area contributed by atoms with E-state index in [1.807, 2.05) is 24.3 Å². The molecule has 0 aliphatic rings. The molecule has 0 saturated carbocycles. The van der Waals surface area contributed by atoms with Gasteiger partial charge in [-0.3, -0.25) is 9.59 Å². The SMILES string of the molecule is CCc1ccc(C(=O)COc2cccc(NC(=O)c3ccc(Cl)cc3)c2)cc1. The number of benzene rings is 3. The van der Waals surface area contributed by atoms with E-state index in [1.54, 1.807) is 48.5 Å². The van der Waals surface area contributed by atoms with Crippen LogP contribution in [0.1, 0.15) is 33.2 Å². The molecule has 3 aromatic carbocycles. The Morgan fingerprint density at radius 1 is 0.929 bits per heavy atom. The lowest BCUT2D eigenvalue weighted by molar-refractivity contribution is 0.0920. The predicted octanol–water partition coefficient (Wildman–Crippen LogP) is 5.42. The van der Waals surface area contributed by atoms with Gasteiger partial charge in [-0.05, 0) is 48.4 Å². The van der Waals surface area contributed by atoms with Crippen molar-refractivity contribution in [1.82, 2.24) is 0 Å². The Labute approximate surface area is 169 Å². The normalized spacial score (nSPS) is 10.4. The van der Waals surface area contributed by atoms with Gasteiger partial charge in [-0.1, -0.05) is 48.9 Å². The first-order valence-corrected chi connectivity index (χ1v) is 9.35. The monoisotopic (exact) mass is 393 g/mol. The summed E-state index contributed by atoms with van der Waals surface area (Å²) in [5.74, 6) is 0.159. The molecular weight excluding hydrogens is 374 g/mol. The first-order valence-electron chi connectivity index (χ1n) is 8.97. The van der Waals surface area contributed by atoms with Gasteiger partial charge >= 0.3 is 0 Å². The van der Waals surface area contributed by atoms with E-state index in [0.29, 0.717) is 27.6 Å². The summed E-state index contributed by atoms with van der Waals surface area (Å²) >= 11 is 5.84. The molecule has 1 amide bonds. The molecule has 3 rings (SSSR count). The second kappa shape index (κ2) is 9.20. The molecule has 28 heavy (non-hydrogen) atoms. The summed E-state index contributed by atoms with van der Waals surface area (Å²) < 4.78 is 5.60. The molecule has 1 N–H and O–H groups in total. The van der Waals surface area contributed by atoms with E-state index < -0.39 is 0 Å². The Morgan fingerprint density at radius 2 is 1.61 bits per heavy atom. The number of Topliss-reactive ketones (excluding diaryl/α,β-unsaturated/α-hetero) is 1. The van der Waals surface area contributed by atoms with E-state index in [0.717, 1.165) is 6.42 Å². The van der Waals surface area contributed by atoms with E-state index in [-0.39, 0.29) is 18.3 Å². The van der Waals surface area contributed by atoms with Crippen LogP contribution in [0.3, 0.4) is 0 Å². The van der Waals surface area contributed by atoms with Crippen LogP contribution in [0.5, 0.6) is 5.75 Å². The highest BCUT2D eigenvalue weighted by molar-refractivity contribution is 6.30. The molecule has 4 nitrogen and oxygen atoms in total. The fourth-order valence-electron chi connectivity index (χ4n) is 2.63. The maximum Gasteiger partial charge on any atom is 0.255 e. The molecule has 0 aromatic heterocycles. The molecule has 5 heteroatoms. The third-order valence-electron chi connectivity index (χ3n) is 4.25. The van der Waals surface area contributed by atoms with E-state index in [4.69, 9.17) is 16.3 Å². The number of carbonyl (C=O) groups is 2. The van der Waals surface area contributed by atoms with Gasteiger partial charge in [0.1, 0.15) is 5.75 Å². The fraction of sp³-hybridized carbons (Fsp3) is 0.130. The first-order chi connectivity index (χ1) is 13.5. The Hall–Kier alpha value is -3.11. The second-order valence-electron chi connectivity index (χ2n) is 6.25. The van der Waals surface area contributed by atoms with Crippen LogP contribution in [0.25, 0.3) is 0 Å². The lowest BCUT2D eigenvalue weighted by Gasteiger charge is -2.09. The molecule has 0 saturated heterocycles. The van der Waals surface area contributed by atoms with Crippen LogP contribution in [0.2, 0.25) is 5.02 Å². The van der Waals surface area contributed by atoms with Crippen molar-refractivity contribution in [3.05, 3.63) is 94.5 Å². The van der Waals surface area contributed by atoms with Gasteiger partial charge in [0.15, 0.2) is 12.4 Å². The van der Waals surface area contributed by atoms with Crippen molar-refractivity contribution in [1.29, 1.82) is 0 Å². The molecule has 0 atom stereocenters. The minimum atomic E-state index is -0.249. The number of carbonyl (C=O) groups excluding carboxylic acids is 2. The van der Waals surface area contributed by atoms with Gasteiger partial charge in [0, 0.05) is 27.9 Å². The number of nitrogens with one attached hydrogen (secondary N) is 1. The molecule has 0 spiro atoms. The number of anilines is 1. The number of amides is 1.